The van der Waals surface area contributed by atoms with Crippen LogP contribution >= 0.6 is 0 Å². The van der Waals surface area contributed by atoms with Crippen molar-refractivity contribution in [1.82, 2.24) is 10.5 Å². The van der Waals surface area contributed by atoms with Crippen molar-refractivity contribution >= 4 is 33.5 Å². The zero-order valence-corrected chi connectivity index (χ0v) is 18.5. The molecule has 2 aromatic carbocycles. The summed E-state index contributed by atoms with van der Waals surface area (Å²) in [7, 11) is -3.83. The predicted molar refractivity (Wildman–Crippen MR) is 121 cm³/mol. The molecule has 0 bridgehead atoms. The summed E-state index contributed by atoms with van der Waals surface area (Å²) >= 11 is 0. The second-order valence-electron chi connectivity index (χ2n) is 6.98. The summed E-state index contributed by atoms with van der Waals surface area (Å²) in [5.74, 6) is -0.730. The van der Waals surface area contributed by atoms with Gasteiger partial charge in [0.1, 0.15) is 6.61 Å². The van der Waals surface area contributed by atoms with Gasteiger partial charge in [0.2, 0.25) is 0 Å². The van der Waals surface area contributed by atoms with E-state index in [0.717, 1.165) is 11.8 Å². The molecule has 3 rings (SSSR count). The zero-order valence-electron chi connectivity index (χ0n) is 17.7. The number of anilines is 2. The molecule has 0 aliphatic carbocycles. The lowest BCUT2D eigenvalue weighted by Gasteiger charge is -2.24. The summed E-state index contributed by atoms with van der Waals surface area (Å²) in [6.07, 6.45) is 3.43. The highest BCUT2D eigenvalue weighted by Crippen LogP contribution is 2.25. The van der Waals surface area contributed by atoms with E-state index < -0.39 is 22.1 Å². The highest BCUT2D eigenvalue weighted by Gasteiger charge is 2.20. The summed E-state index contributed by atoms with van der Waals surface area (Å²) in [6.45, 7) is 0.150. The predicted octanol–water partition coefficient (Wildman–Crippen LogP) is 2.63. The standard InChI is InChI=1S/C22H22N4O6S/c1-33(29,30)32-25-21(27)18-10-8-16(9-11-18)14-26(20-7-3-2-6-19(20)23)22(28)31-15-17-5-4-12-24-13-17/h2-13H,14-15,23H2,1H3,(H,25,27). The lowest BCUT2D eigenvalue weighted by atomic mass is 10.1. The highest BCUT2D eigenvalue weighted by molar-refractivity contribution is 7.85. The first-order valence-corrected chi connectivity index (χ1v) is 11.5. The first kappa shape index (κ1) is 23.7. The van der Waals surface area contributed by atoms with Crippen LogP contribution in [-0.4, -0.2) is 31.7 Å². The van der Waals surface area contributed by atoms with Crippen LogP contribution in [0.1, 0.15) is 21.5 Å². The van der Waals surface area contributed by atoms with E-state index in [0.29, 0.717) is 16.9 Å². The van der Waals surface area contributed by atoms with Crippen molar-refractivity contribution in [2.45, 2.75) is 13.2 Å². The number of nitrogens with zero attached hydrogens (tertiary/aromatic N) is 2. The lowest BCUT2D eigenvalue weighted by Crippen LogP contribution is -2.31. The van der Waals surface area contributed by atoms with Gasteiger partial charge in [-0.1, -0.05) is 30.3 Å². The number of rotatable bonds is 8. The van der Waals surface area contributed by atoms with Crippen LogP contribution in [0.15, 0.2) is 73.1 Å². The number of nitrogens with one attached hydrogen (secondary N) is 1. The monoisotopic (exact) mass is 470 g/mol. The van der Waals surface area contributed by atoms with Crippen LogP contribution in [0.4, 0.5) is 16.2 Å². The summed E-state index contributed by atoms with van der Waals surface area (Å²) in [5, 5.41) is 0. The van der Waals surface area contributed by atoms with Crippen LogP contribution in [0.5, 0.6) is 0 Å². The van der Waals surface area contributed by atoms with E-state index in [2.05, 4.69) is 9.27 Å². The number of nitrogens with two attached hydrogens (primary N) is 1. The van der Waals surface area contributed by atoms with Crippen molar-refractivity contribution in [2.24, 2.45) is 0 Å². The molecule has 1 aromatic heterocycles. The minimum absolute atomic E-state index is 0.0371. The van der Waals surface area contributed by atoms with Crippen LogP contribution < -0.4 is 16.1 Å². The molecule has 2 amide bonds. The van der Waals surface area contributed by atoms with Crippen molar-refractivity contribution in [3.8, 4) is 0 Å². The molecule has 3 N–H and O–H groups in total. The Morgan fingerprint density at radius 2 is 1.76 bits per heavy atom. The number of hydrogen-bond acceptors (Lipinski definition) is 8. The highest BCUT2D eigenvalue weighted by atomic mass is 32.2. The third-order valence-electron chi connectivity index (χ3n) is 4.38. The number of hydrogen-bond donors (Lipinski definition) is 2. The number of aromatic nitrogens is 1. The van der Waals surface area contributed by atoms with E-state index in [1.807, 2.05) is 5.48 Å². The van der Waals surface area contributed by atoms with Gasteiger partial charge in [0, 0.05) is 23.5 Å². The minimum Gasteiger partial charge on any atom is -0.444 e. The van der Waals surface area contributed by atoms with Gasteiger partial charge < -0.3 is 10.5 Å². The van der Waals surface area contributed by atoms with E-state index in [1.54, 1.807) is 60.9 Å². The van der Waals surface area contributed by atoms with Crippen LogP contribution in [-0.2, 0) is 32.3 Å². The maximum atomic E-state index is 12.9. The van der Waals surface area contributed by atoms with Crippen LogP contribution in [0.25, 0.3) is 0 Å². The molecule has 0 saturated heterocycles. The lowest BCUT2D eigenvalue weighted by molar-refractivity contribution is 0.0772. The molecule has 0 aliphatic rings. The topological polar surface area (TPSA) is 141 Å². The Kier molecular flexibility index (Phi) is 7.59. The number of amides is 2. The van der Waals surface area contributed by atoms with Crippen molar-refractivity contribution in [1.29, 1.82) is 0 Å². The smallest absolute Gasteiger partial charge is 0.415 e. The second-order valence-corrected chi connectivity index (χ2v) is 8.55. The summed E-state index contributed by atoms with van der Waals surface area (Å²) in [4.78, 5) is 30.3. The quantitative estimate of drug-likeness (QED) is 0.378. The number of para-hydroxylation sites is 2. The number of benzene rings is 2. The SMILES string of the molecule is CS(=O)(=O)ONC(=O)c1ccc(CN(C(=O)OCc2cccnc2)c2ccccc2N)cc1. The van der Waals surface area contributed by atoms with Crippen LogP contribution in [0.3, 0.4) is 0 Å². The van der Waals surface area contributed by atoms with Gasteiger partial charge in [-0.15, -0.1) is 4.28 Å². The summed E-state index contributed by atoms with van der Waals surface area (Å²) < 4.78 is 31.8. The van der Waals surface area contributed by atoms with Crippen molar-refractivity contribution < 1.29 is 27.0 Å². The molecule has 0 spiro atoms. The number of pyridine rings is 1. The molecular weight excluding hydrogens is 448 g/mol. The van der Waals surface area contributed by atoms with Gasteiger partial charge in [-0.25, -0.2) is 10.3 Å². The van der Waals surface area contributed by atoms with Gasteiger partial charge in [-0.2, -0.15) is 8.42 Å². The molecule has 3 aromatic rings. The Balaban J connectivity index is 1.75. The zero-order chi connectivity index (χ0) is 23.8. The maximum absolute atomic E-state index is 12.9. The van der Waals surface area contributed by atoms with E-state index in [9.17, 15) is 18.0 Å². The normalized spacial score (nSPS) is 10.9. The molecule has 172 valence electrons. The molecule has 0 saturated carbocycles. The first-order valence-electron chi connectivity index (χ1n) is 9.68. The molecular formula is C22H22N4O6S. The van der Waals surface area contributed by atoms with Crippen LogP contribution in [0.2, 0.25) is 0 Å². The molecule has 0 unspecified atom stereocenters. The molecule has 33 heavy (non-hydrogen) atoms. The van der Waals surface area contributed by atoms with Gasteiger partial charge in [0.25, 0.3) is 16.0 Å². The van der Waals surface area contributed by atoms with Crippen molar-refractivity contribution in [2.75, 3.05) is 16.9 Å². The van der Waals surface area contributed by atoms with E-state index in [4.69, 9.17) is 10.5 Å². The number of carbonyl (C=O) groups is 2. The first-order chi connectivity index (χ1) is 15.7. The molecule has 11 heteroatoms. The van der Waals surface area contributed by atoms with Gasteiger partial charge in [0.15, 0.2) is 0 Å². The molecule has 1 heterocycles. The number of nitrogen functional groups attached to an aromatic ring is 1. The van der Waals surface area contributed by atoms with Crippen molar-refractivity contribution in [3.63, 3.8) is 0 Å². The third kappa shape index (κ3) is 7.02. The van der Waals surface area contributed by atoms with E-state index >= 15 is 0 Å². The fraction of sp³-hybridized carbons (Fsp3) is 0.136. The van der Waals surface area contributed by atoms with Gasteiger partial charge in [0.05, 0.1) is 24.2 Å². The van der Waals surface area contributed by atoms with Gasteiger partial charge >= 0.3 is 6.09 Å². The number of ether oxygens (including phenoxy) is 1. The van der Waals surface area contributed by atoms with E-state index in [1.165, 1.54) is 17.0 Å². The Labute approximate surface area is 191 Å². The fourth-order valence-corrected chi connectivity index (χ4v) is 3.03. The number of carbonyl (C=O) groups excluding carboxylic acids is 2. The molecule has 0 fully saturated rings. The molecule has 0 aliphatic heterocycles. The summed E-state index contributed by atoms with van der Waals surface area (Å²) in [6, 6.07) is 16.6. The fourth-order valence-electron chi connectivity index (χ4n) is 2.80. The Hall–Kier alpha value is -3.96. The Bertz CT molecular complexity index is 1220. The number of hydroxylamine groups is 1. The molecule has 10 nitrogen and oxygen atoms in total. The third-order valence-corrected chi connectivity index (χ3v) is 4.76. The van der Waals surface area contributed by atoms with Gasteiger partial charge in [-0.3, -0.25) is 14.7 Å². The second kappa shape index (κ2) is 10.6. The minimum atomic E-state index is -3.83. The Morgan fingerprint density at radius 3 is 2.39 bits per heavy atom. The Morgan fingerprint density at radius 1 is 1.03 bits per heavy atom. The van der Waals surface area contributed by atoms with E-state index in [-0.39, 0.29) is 18.7 Å². The average Bonchev–Trinajstić information content (AvgIpc) is 2.80. The van der Waals surface area contributed by atoms with Gasteiger partial charge in [-0.05, 0) is 35.9 Å². The largest absolute Gasteiger partial charge is 0.444 e. The van der Waals surface area contributed by atoms with Crippen molar-refractivity contribution in [3.05, 3.63) is 89.7 Å². The molecule has 0 atom stereocenters. The summed E-state index contributed by atoms with van der Waals surface area (Å²) in [5.41, 5.74) is 10.4. The maximum Gasteiger partial charge on any atom is 0.415 e. The van der Waals surface area contributed by atoms with Crippen LogP contribution in [0, 0.1) is 0 Å². The average molecular weight is 471 g/mol. The molecule has 0 radical (unpaired) electrons.